The van der Waals surface area contributed by atoms with Gasteiger partial charge >= 0.3 is 0 Å². The van der Waals surface area contributed by atoms with E-state index in [2.05, 4.69) is 34.7 Å². The van der Waals surface area contributed by atoms with Gasteiger partial charge in [-0.1, -0.05) is 65.8 Å². The second-order valence-corrected chi connectivity index (χ2v) is 6.51. The summed E-state index contributed by atoms with van der Waals surface area (Å²) in [5.41, 5.74) is 4.38. The Morgan fingerprint density at radius 1 is 0.929 bits per heavy atom. The van der Waals surface area contributed by atoms with Gasteiger partial charge < -0.3 is 9.84 Å². The van der Waals surface area contributed by atoms with Gasteiger partial charge in [-0.25, -0.2) is 4.57 Å². The smallest absolute Gasteiger partial charge is 0.273 e. The number of nitrogens with zero attached hydrogens (tertiary/aromatic N) is 2. The SMILES string of the molecule is C[n+]1ccc(-c2ccccc2)cc1CNC(=O)c1cc(-c2ccccc2)on1. The van der Waals surface area contributed by atoms with Gasteiger partial charge in [0.25, 0.3) is 5.91 Å². The number of hydrogen-bond donors (Lipinski definition) is 1. The van der Waals surface area contributed by atoms with Crippen molar-refractivity contribution in [2.24, 2.45) is 7.05 Å². The lowest BCUT2D eigenvalue weighted by Gasteiger charge is -2.05. The lowest BCUT2D eigenvalue weighted by Crippen LogP contribution is -2.37. The third kappa shape index (κ3) is 3.83. The minimum absolute atomic E-state index is 0.265. The van der Waals surface area contributed by atoms with Crippen LogP contribution in [0.4, 0.5) is 0 Å². The molecule has 4 aromatic rings. The Kier molecular flexibility index (Phi) is 4.97. The maximum atomic E-state index is 12.5. The van der Waals surface area contributed by atoms with Crippen LogP contribution < -0.4 is 9.88 Å². The molecule has 0 atom stereocenters. The van der Waals surface area contributed by atoms with Gasteiger partial charge in [-0.05, 0) is 11.1 Å². The molecule has 28 heavy (non-hydrogen) atoms. The van der Waals surface area contributed by atoms with E-state index in [1.807, 2.05) is 66.3 Å². The summed E-state index contributed by atoms with van der Waals surface area (Å²) in [6, 6.07) is 25.5. The Balaban J connectivity index is 1.47. The summed E-state index contributed by atoms with van der Waals surface area (Å²) in [7, 11) is 1.96. The number of carbonyl (C=O) groups is 1. The molecule has 2 aromatic heterocycles. The molecule has 5 nitrogen and oxygen atoms in total. The summed E-state index contributed by atoms with van der Waals surface area (Å²) >= 11 is 0. The molecule has 0 unspecified atom stereocenters. The number of amides is 1. The second-order valence-electron chi connectivity index (χ2n) is 6.51. The van der Waals surface area contributed by atoms with Gasteiger partial charge in [0, 0.05) is 23.8 Å². The van der Waals surface area contributed by atoms with Gasteiger partial charge in [0.1, 0.15) is 13.6 Å². The molecule has 1 amide bonds. The van der Waals surface area contributed by atoms with E-state index >= 15 is 0 Å². The molecule has 138 valence electrons. The zero-order valence-corrected chi connectivity index (χ0v) is 15.5. The maximum Gasteiger partial charge on any atom is 0.273 e. The summed E-state index contributed by atoms with van der Waals surface area (Å²) < 4.78 is 7.30. The Bertz CT molecular complexity index is 1090. The molecule has 0 bridgehead atoms. The number of nitrogens with one attached hydrogen (secondary N) is 1. The van der Waals surface area contributed by atoms with E-state index in [1.54, 1.807) is 6.07 Å². The normalized spacial score (nSPS) is 10.6. The standard InChI is InChI=1S/C23H19N3O2/c1-26-13-12-19(17-8-4-2-5-9-17)14-20(26)16-24-23(27)21-15-22(28-25-21)18-10-6-3-7-11-18/h2-15H,16H2,1H3/p+1. The molecule has 5 heteroatoms. The first kappa shape index (κ1) is 17.7. The average Bonchev–Trinajstić information content (AvgIpc) is 3.25. The van der Waals surface area contributed by atoms with Crippen LogP contribution in [0.5, 0.6) is 0 Å². The summed E-state index contributed by atoms with van der Waals surface area (Å²) in [4.78, 5) is 12.5. The third-order valence-corrected chi connectivity index (χ3v) is 4.59. The minimum Gasteiger partial charge on any atom is -0.355 e. The van der Waals surface area contributed by atoms with Gasteiger partial charge in [-0.3, -0.25) is 4.79 Å². The number of hydrogen-bond acceptors (Lipinski definition) is 3. The Morgan fingerprint density at radius 3 is 2.32 bits per heavy atom. The lowest BCUT2D eigenvalue weighted by molar-refractivity contribution is -0.679. The van der Waals surface area contributed by atoms with Crippen LogP contribution in [0.2, 0.25) is 0 Å². The molecule has 0 aliphatic heterocycles. The summed E-state index contributed by atoms with van der Waals surface area (Å²) in [5.74, 6) is 0.304. The number of aryl methyl sites for hydroxylation is 1. The van der Waals surface area contributed by atoms with Crippen molar-refractivity contribution in [3.8, 4) is 22.5 Å². The molecule has 0 radical (unpaired) electrons. The van der Waals surface area contributed by atoms with Crippen LogP contribution in [0.15, 0.2) is 89.6 Å². The van der Waals surface area contributed by atoms with E-state index in [-0.39, 0.29) is 11.6 Å². The van der Waals surface area contributed by atoms with Crippen LogP contribution in [0.25, 0.3) is 22.5 Å². The largest absolute Gasteiger partial charge is 0.355 e. The molecular weight excluding hydrogens is 350 g/mol. The number of aromatic nitrogens is 2. The van der Waals surface area contributed by atoms with Crippen LogP contribution >= 0.6 is 0 Å². The van der Waals surface area contributed by atoms with Crippen LogP contribution in [-0.2, 0) is 13.6 Å². The number of pyridine rings is 1. The summed E-state index contributed by atoms with van der Waals surface area (Å²) in [6.45, 7) is 0.392. The van der Waals surface area contributed by atoms with E-state index in [4.69, 9.17) is 4.52 Å². The highest BCUT2D eigenvalue weighted by molar-refractivity contribution is 5.93. The fourth-order valence-electron chi connectivity index (χ4n) is 2.99. The van der Waals surface area contributed by atoms with Crippen molar-refractivity contribution in [1.29, 1.82) is 0 Å². The molecule has 0 aliphatic carbocycles. The van der Waals surface area contributed by atoms with Crippen molar-refractivity contribution in [1.82, 2.24) is 10.5 Å². The van der Waals surface area contributed by atoms with E-state index in [9.17, 15) is 4.79 Å². The molecule has 0 aliphatic rings. The van der Waals surface area contributed by atoms with Gasteiger partial charge in [-0.15, -0.1) is 0 Å². The first-order chi connectivity index (χ1) is 13.7. The monoisotopic (exact) mass is 370 g/mol. The van der Waals surface area contributed by atoms with Crippen molar-refractivity contribution in [2.45, 2.75) is 6.54 Å². The number of rotatable bonds is 5. The molecule has 1 N–H and O–H groups in total. The van der Waals surface area contributed by atoms with Crippen molar-refractivity contribution < 1.29 is 13.9 Å². The minimum atomic E-state index is -0.268. The van der Waals surface area contributed by atoms with Crippen molar-refractivity contribution >= 4 is 5.91 Å². The second kappa shape index (κ2) is 7.88. The molecule has 4 rings (SSSR count). The topological polar surface area (TPSA) is 59.0 Å². The Hall–Kier alpha value is -3.73. The molecule has 0 fully saturated rings. The highest BCUT2D eigenvalue weighted by atomic mass is 16.5. The Labute approximate surface area is 163 Å². The molecular formula is C23H20N3O2+. The summed E-state index contributed by atoms with van der Waals surface area (Å²) in [6.07, 6.45) is 1.99. The number of carbonyl (C=O) groups excluding carboxylic acids is 1. The van der Waals surface area contributed by atoms with E-state index in [1.165, 1.54) is 0 Å². The van der Waals surface area contributed by atoms with Gasteiger partial charge in [0.2, 0.25) is 5.69 Å². The quantitative estimate of drug-likeness (QED) is 0.544. The zero-order valence-electron chi connectivity index (χ0n) is 15.5. The first-order valence-electron chi connectivity index (χ1n) is 9.05. The van der Waals surface area contributed by atoms with Crippen molar-refractivity contribution in [3.63, 3.8) is 0 Å². The molecule has 2 heterocycles. The van der Waals surface area contributed by atoms with Gasteiger partial charge in [-0.2, -0.15) is 0 Å². The van der Waals surface area contributed by atoms with Crippen molar-refractivity contribution in [3.05, 3.63) is 96.4 Å². The van der Waals surface area contributed by atoms with Gasteiger partial charge in [0.15, 0.2) is 17.7 Å². The van der Waals surface area contributed by atoms with Crippen LogP contribution in [0.1, 0.15) is 16.2 Å². The predicted molar refractivity (Wildman–Crippen MR) is 106 cm³/mol. The summed E-state index contributed by atoms with van der Waals surface area (Å²) in [5, 5.41) is 6.82. The van der Waals surface area contributed by atoms with E-state index in [0.29, 0.717) is 12.3 Å². The fraction of sp³-hybridized carbons (Fsp3) is 0.0870. The average molecular weight is 370 g/mol. The van der Waals surface area contributed by atoms with Crippen LogP contribution in [0, 0.1) is 0 Å². The first-order valence-corrected chi connectivity index (χ1v) is 9.05. The molecule has 0 saturated heterocycles. The molecule has 0 saturated carbocycles. The Morgan fingerprint density at radius 2 is 1.61 bits per heavy atom. The highest BCUT2D eigenvalue weighted by Gasteiger charge is 2.16. The maximum absolute atomic E-state index is 12.5. The molecule has 2 aromatic carbocycles. The molecule has 0 spiro atoms. The van der Waals surface area contributed by atoms with E-state index in [0.717, 1.165) is 22.4 Å². The number of benzene rings is 2. The van der Waals surface area contributed by atoms with Crippen LogP contribution in [0.3, 0.4) is 0 Å². The van der Waals surface area contributed by atoms with Crippen LogP contribution in [-0.4, -0.2) is 11.1 Å². The van der Waals surface area contributed by atoms with E-state index < -0.39 is 0 Å². The third-order valence-electron chi connectivity index (χ3n) is 4.59. The zero-order chi connectivity index (χ0) is 19.3. The van der Waals surface area contributed by atoms with Gasteiger partial charge in [0.05, 0.1) is 0 Å². The highest BCUT2D eigenvalue weighted by Crippen LogP contribution is 2.20. The fourth-order valence-corrected chi connectivity index (χ4v) is 2.99. The van der Waals surface area contributed by atoms with Crippen molar-refractivity contribution in [2.75, 3.05) is 0 Å². The lowest BCUT2D eigenvalue weighted by atomic mass is 10.1. The predicted octanol–water partition coefficient (Wildman–Crippen LogP) is 3.76.